The number of hydrogen-bond donors (Lipinski definition) is 2. The van der Waals surface area contributed by atoms with E-state index >= 15 is 0 Å². The minimum atomic E-state index is -0.189. The van der Waals surface area contributed by atoms with Gasteiger partial charge in [-0.2, -0.15) is 0 Å². The first-order chi connectivity index (χ1) is 11.6. The molecule has 2 N–H and O–H groups in total. The van der Waals surface area contributed by atoms with E-state index in [9.17, 15) is 4.39 Å². The molecule has 0 fully saturated rings. The molecular weight excluding hydrogens is 307 g/mol. The monoisotopic (exact) mass is 330 g/mol. The van der Waals surface area contributed by atoms with Crippen LogP contribution in [0.15, 0.2) is 41.5 Å². The summed E-state index contributed by atoms with van der Waals surface area (Å²) < 4.78 is 18.4. The lowest BCUT2D eigenvalue weighted by atomic mass is 10.1. The highest BCUT2D eigenvalue weighted by Crippen LogP contribution is 2.09. The van der Waals surface area contributed by atoms with Crippen molar-refractivity contribution in [2.24, 2.45) is 4.99 Å². The molecule has 128 valence electrons. The van der Waals surface area contributed by atoms with Crippen molar-refractivity contribution in [2.45, 2.75) is 26.9 Å². The van der Waals surface area contributed by atoms with Gasteiger partial charge in [0.1, 0.15) is 5.82 Å². The Morgan fingerprint density at radius 1 is 1.21 bits per heavy atom. The Kier molecular flexibility index (Phi) is 6.54. The topological polar surface area (TPSA) is 58.5 Å². The second-order valence-electron chi connectivity index (χ2n) is 5.34. The lowest BCUT2D eigenvalue weighted by Crippen LogP contribution is -2.36. The zero-order valence-corrected chi connectivity index (χ0v) is 14.3. The van der Waals surface area contributed by atoms with E-state index in [0.717, 1.165) is 17.7 Å². The van der Waals surface area contributed by atoms with Crippen LogP contribution in [0.25, 0.3) is 0 Å². The Bertz CT molecular complexity index is 686. The molecule has 1 aromatic carbocycles. The molecule has 0 aliphatic carbocycles. The van der Waals surface area contributed by atoms with Crippen LogP contribution in [-0.4, -0.2) is 24.6 Å². The summed E-state index contributed by atoms with van der Waals surface area (Å²) in [6.45, 7) is 5.61. The van der Waals surface area contributed by atoms with Gasteiger partial charge in [-0.1, -0.05) is 18.2 Å². The van der Waals surface area contributed by atoms with Gasteiger partial charge in [0, 0.05) is 25.4 Å². The highest BCUT2D eigenvalue weighted by molar-refractivity contribution is 5.79. The maximum absolute atomic E-state index is 13.3. The van der Waals surface area contributed by atoms with Crippen LogP contribution in [0, 0.1) is 12.7 Å². The molecule has 0 atom stereocenters. The average Bonchev–Trinajstić information content (AvgIpc) is 2.60. The maximum atomic E-state index is 13.3. The molecule has 5 nitrogen and oxygen atoms in total. The van der Waals surface area contributed by atoms with E-state index in [0.29, 0.717) is 30.5 Å². The molecule has 1 aromatic heterocycles. The van der Waals surface area contributed by atoms with Crippen LogP contribution in [0.2, 0.25) is 0 Å². The third-order valence-electron chi connectivity index (χ3n) is 3.45. The van der Waals surface area contributed by atoms with Crippen LogP contribution in [0.1, 0.15) is 23.6 Å². The first-order valence-corrected chi connectivity index (χ1v) is 7.88. The Balaban J connectivity index is 1.97. The molecule has 2 rings (SSSR count). The molecule has 24 heavy (non-hydrogen) atoms. The number of pyridine rings is 1. The number of aliphatic imine (C=N–C) groups is 1. The first kappa shape index (κ1) is 17.7. The number of aryl methyl sites for hydroxylation is 1. The fourth-order valence-corrected chi connectivity index (χ4v) is 2.14. The Hall–Kier alpha value is -2.63. The number of hydrogen-bond acceptors (Lipinski definition) is 3. The summed E-state index contributed by atoms with van der Waals surface area (Å²) in [7, 11) is 1.59. The van der Waals surface area contributed by atoms with Gasteiger partial charge in [0.15, 0.2) is 5.96 Å². The van der Waals surface area contributed by atoms with Crippen molar-refractivity contribution < 1.29 is 9.13 Å². The summed E-state index contributed by atoms with van der Waals surface area (Å²) in [5, 5.41) is 6.44. The highest BCUT2D eigenvalue weighted by Gasteiger charge is 2.02. The van der Waals surface area contributed by atoms with E-state index in [-0.39, 0.29) is 5.82 Å². The number of nitrogens with one attached hydrogen (secondary N) is 2. The van der Waals surface area contributed by atoms with Crippen molar-refractivity contribution in [2.75, 3.05) is 13.7 Å². The second kappa shape index (κ2) is 8.86. The van der Waals surface area contributed by atoms with E-state index in [1.165, 1.54) is 6.07 Å². The van der Waals surface area contributed by atoms with Crippen LogP contribution in [0.3, 0.4) is 0 Å². The van der Waals surface area contributed by atoms with Crippen LogP contribution in [0.4, 0.5) is 4.39 Å². The van der Waals surface area contributed by atoms with E-state index < -0.39 is 0 Å². The fourth-order valence-electron chi connectivity index (χ4n) is 2.14. The second-order valence-corrected chi connectivity index (χ2v) is 5.34. The van der Waals surface area contributed by atoms with Crippen molar-refractivity contribution in [3.05, 3.63) is 59.0 Å². The minimum Gasteiger partial charge on any atom is -0.481 e. The summed E-state index contributed by atoms with van der Waals surface area (Å²) >= 11 is 0. The number of ether oxygens (including phenoxy) is 1. The highest BCUT2D eigenvalue weighted by atomic mass is 19.1. The van der Waals surface area contributed by atoms with E-state index in [2.05, 4.69) is 20.6 Å². The minimum absolute atomic E-state index is 0.189. The van der Waals surface area contributed by atoms with Gasteiger partial charge in [0.2, 0.25) is 5.88 Å². The molecule has 0 amide bonds. The number of aromatic nitrogens is 1. The molecule has 0 aliphatic rings. The molecule has 6 heteroatoms. The van der Waals surface area contributed by atoms with Gasteiger partial charge < -0.3 is 15.4 Å². The lowest BCUT2D eigenvalue weighted by molar-refractivity contribution is 0.397. The SMILES string of the molecule is CCNC(=NCc1ccc(OC)nc1)NCc1ccc(F)c(C)c1. The Morgan fingerprint density at radius 3 is 2.62 bits per heavy atom. The average molecular weight is 330 g/mol. The molecule has 0 saturated heterocycles. The number of guanidine groups is 1. The van der Waals surface area contributed by atoms with Gasteiger partial charge in [0.25, 0.3) is 0 Å². The summed E-state index contributed by atoms with van der Waals surface area (Å²) in [5.41, 5.74) is 2.64. The van der Waals surface area contributed by atoms with E-state index in [4.69, 9.17) is 4.74 Å². The summed E-state index contributed by atoms with van der Waals surface area (Å²) in [5.74, 6) is 1.10. The van der Waals surface area contributed by atoms with Crippen molar-refractivity contribution >= 4 is 5.96 Å². The van der Waals surface area contributed by atoms with Gasteiger partial charge in [-0.05, 0) is 36.6 Å². The predicted octanol–water partition coefficient (Wildman–Crippen LogP) is 2.79. The van der Waals surface area contributed by atoms with Crippen LogP contribution < -0.4 is 15.4 Å². The van der Waals surface area contributed by atoms with E-state index in [1.54, 1.807) is 26.3 Å². The quantitative estimate of drug-likeness (QED) is 0.632. The molecule has 1 heterocycles. The van der Waals surface area contributed by atoms with Gasteiger partial charge in [-0.3, -0.25) is 0 Å². The lowest BCUT2D eigenvalue weighted by Gasteiger charge is -2.12. The molecule has 0 radical (unpaired) electrons. The molecule has 2 aromatic rings. The Labute approximate surface area is 142 Å². The normalized spacial score (nSPS) is 11.2. The number of rotatable bonds is 6. The van der Waals surface area contributed by atoms with E-state index in [1.807, 2.05) is 25.1 Å². The molecule has 0 unspecified atom stereocenters. The number of halogens is 1. The third-order valence-corrected chi connectivity index (χ3v) is 3.45. The van der Waals surface area contributed by atoms with Crippen molar-refractivity contribution in [1.29, 1.82) is 0 Å². The fraction of sp³-hybridized carbons (Fsp3) is 0.333. The zero-order chi connectivity index (χ0) is 17.4. The maximum Gasteiger partial charge on any atom is 0.212 e. The third kappa shape index (κ3) is 5.22. The van der Waals surface area contributed by atoms with Crippen molar-refractivity contribution in [3.63, 3.8) is 0 Å². The van der Waals surface area contributed by atoms with Crippen LogP contribution in [-0.2, 0) is 13.1 Å². The molecular formula is C18H23FN4O. The number of methoxy groups -OCH3 is 1. The van der Waals surface area contributed by atoms with Crippen LogP contribution >= 0.6 is 0 Å². The van der Waals surface area contributed by atoms with Gasteiger partial charge >= 0.3 is 0 Å². The van der Waals surface area contributed by atoms with Crippen LogP contribution in [0.5, 0.6) is 5.88 Å². The zero-order valence-electron chi connectivity index (χ0n) is 14.3. The number of nitrogens with zero attached hydrogens (tertiary/aromatic N) is 2. The summed E-state index contributed by atoms with van der Waals surface area (Å²) in [4.78, 5) is 8.70. The van der Waals surface area contributed by atoms with Gasteiger partial charge in [0.05, 0.1) is 13.7 Å². The van der Waals surface area contributed by atoms with Gasteiger partial charge in [-0.25, -0.2) is 14.4 Å². The molecule has 0 bridgehead atoms. The van der Waals surface area contributed by atoms with Gasteiger partial charge in [-0.15, -0.1) is 0 Å². The molecule has 0 spiro atoms. The standard InChI is InChI=1S/C18H23FN4O/c1-4-20-18(22-10-14-5-7-16(19)13(2)9-14)23-12-15-6-8-17(24-3)21-11-15/h5-9,11H,4,10,12H2,1-3H3,(H2,20,22,23). The Morgan fingerprint density at radius 2 is 2.00 bits per heavy atom. The summed E-state index contributed by atoms with van der Waals surface area (Å²) in [6, 6.07) is 8.83. The number of benzene rings is 1. The molecule has 0 aliphatic heterocycles. The smallest absolute Gasteiger partial charge is 0.212 e. The first-order valence-electron chi connectivity index (χ1n) is 7.88. The summed E-state index contributed by atoms with van der Waals surface area (Å²) in [6.07, 6.45) is 1.75. The molecule has 0 saturated carbocycles. The van der Waals surface area contributed by atoms with Crippen molar-refractivity contribution in [1.82, 2.24) is 15.6 Å². The van der Waals surface area contributed by atoms with Crippen molar-refractivity contribution in [3.8, 4) is 5.88 Å². The predicted molar refractivity (Wildman–Crippen MR) is 93.6 cm³/mol. The largest absolute Gasteiger partial charge is 0.481 e.